The Morgan fingerprint density at radius 1 is 1.04 bits per heavy atom. The minimum absolute atomic E-state index is 0.0182. The van der Waals surface area contributed by atoms with Crippen LogP contribution in [0.5, 0.6) is 0 Å². The van der Waals surface area contributed by atoms with E-state index < -0.39 is 27.8 Å². The van der Waals surface area contributed by atoms with E-state index in [1.807, 2.05) is 0 Å². The number of sulfonamides is 1. The van der Waals surface area contributed by atoms with Crippen LogP contribution in [0, 0.1) is 0 Å². The fraction of sp³-hybridized carbons (Fsp3) is 0.400. The number of hydrogen-bond donors (Lipinski definition) is 1. The molecule has 1 aliphatic rings. The fourth-order valence-electron chi connectivity index (χ4n) is 2.14. The molecule has 9 nitrogen and oxygen atoms in total. The third-order valence-corrected chi connectivity index (χ3v) is 5.09. The first kappa shape index (κ1) is 19.0. The quantitative estimate of drug-likeness (QED) is 0.374. The molecule has 0 aromatic heterocycles. The van der Waals surface area contributed by atoms with E-state index in [0.29, 0.717) is 0 Å². The Labute approximate surface area is 144 Å². The summed E-state index contributed by atoms with van der Waals surface area (Å²) >= 11 is 0. The van der Waals surface area contributed by atoms with Gasteiger partial charge < -0.3 is 14.6 Å². The number of nitrogens with zero attached hydrogens (tertiary/aromatic N) is 1. The van der Waals surface area contributed by atoms with Gasteiger partial charge in [-0.2, -0.15) is 4.31 Å². The first-order valence-corrected chi connectivity index (χ1v) is 8.88. The van der Waals surface area contributed by atoms with Crippen molar-refractivity contribution in [2.45, 2.75) is 17.7 Å². The number of esters is 1. The van der Waals surface area contributed by atoms with Gasteiger partial charge in [-0.1, -0.05) is 0 Å². The van der Waals surface area contributed by atoms with Crippen molar-refractivity contribution in [2.24, 2.45) is 0 Å². The summed E-state index contributed by atoms with van der Waals surface area (Å²) < 4.78 is 34.8. The lowest BCUT2D eigenvalue weighted by atomic mass is 10.2. The lowest BCUT2D eigenvalue weighted by molar-refractivity contribution is -0.132. The molecule has 0 aliphatic carbocycles. The maximum atomic E-state index is 12.3. The summed E-state index contributed by atoms with van der Waals surface area (Å²) in [6, 6.07) is 4.73. The molecule has 0 unspecified atom stereocenters. The molecule has 0 saturated carbocycles. The zero-order valence-corrected chi connectivity index (χ0v) is 14.0. The van der Waals surface area contributed by atoms with Crippen LogP contribution >= 0.6 is 0 Å². The molecule has 136 valence electrons. The van der Waals surface area contributed by atoms with Crippen molar-refractivity contribution in [3.8, 4) is 0 Å². The summed E-state index contributed by atoms with van der Waals surface area (Å²) in [4.78, 5) is 34.7. The highest BCUT2D eigenvalue weighted by Crippen LogP contribution is 2.23. The second-order valence-electron chi connectivity index (χ2n) is 5.05. The summed E-state index contributed by atoms with van der Waals surface area (Å²) in [7, 11) is -4.27. The molecule has 1 saturated heterocycles. The molecule has 25 heavy (non-hydrogen) atoms. The largest absolute Gasteiger partial charge is 0.460 e. The van der Waals surface area contributed by atoms with Gasteiger partial charge in [0.15, 0.2) is 0 Å². The number of hydrogen-bond acceptors (Lipinski definition) is 8. The third kappa shape index (κ3) is 4.41. The molecule has 1 N–H and O–H groups in total. The van der Waals surface area contributed by atoms with E-state index in [0.717, 1.165) is 12.1 Å². The van der Waals surface area contributed by atoms with E-state index >= 15 is 0 Å². The van der Waals surface area contributed by atoms with Crippen molar-refractivity contribution in [3.05, 3.63) is 29.8 Å². The van der Waals surface area contributed by atoms with Crippen LogP contribution in [-0.4, -0.2) is 62.0 Å². The molecule has 0 radical (unpaired) electrons. The number of ether oxygens (including phenoxy) is 2. The van der Waals surface area contributed by atoms with E-state index in [2.05, 4.69) is 0 Å². The lowest BCUT2D eigenvalue weighted by Gasteiger charge is -2.14. The fourth-order valence-corrected chi connectivity index (χ4v) is 3.55. The van der Waals surface area contributed by atoms with Crippen molar-refractivity contribution in [3.63, 3.8) is 0 Å². The molecule has 1 heterocycles. The Morgan fingerprint density at radius 2 is 1.64 bits per heavy atom. The molecular weight excluding hydrogens is 354 g/mol. The van der Waals surface area contributed by atoms with Gasteiger partial charge in [0.1, 0.15) is 6.61 Å². The Morgan fingerprint density at radius 3 is 2.20 bits per heavy atom. The minimum atomic E-state index is -4.27. The predicted octanol–water partition coefficient (Wildman–Crippen LogP) is -0.310. The first-order chi connectivity index (χ1) is 11.9. The molecule has 10 heteroatoms. The van der Waals surface area contributed by atoms with E-state index in [4.69, 9.17) is 14.6 Å². The average molecular weight is 371 g/mol. The van der Waals surface area contributed by atoms with E-state index in [9.17, 15) is 22.8 Å². The van der Waals surface area contributed by atoms with Crippen molar-refractivity contribution < 1.29 is 37.4 Å². The van der Waals surface area contributed by atoms with E-state index in [1.54, 1.807) is 0 Å². The summed E-state index contributed by atoms with van der Waals surface area (Å²) in [5.41, 5.74) is 0.111. The highest BCUT2D eigenvalue weighted by molar-refractivity contribution is 7.90. The number of carbonyl (C=O) groups is 3. The number of benzene rings is 1. The maximum absolute atomic E-state index is 12.3. The second kappa shape index (κ2) is 8.19. The van der Waals surface area contributed by atoms with E-state index in [-0.39, 0.29) is 54.0 Å². The van der Waals surface area contributed by atoms with Crippen LogP contribution in [0.25, 0.3) is 0 Å². The SMILES string of the molecule is O=C(OCCOCCO)c1ccc(S(=O)(=O)N2C(=O)CCC2=O)cc1. The van der Waals surface area contributed by atoms with Crippen molar-refractivity contribution in [1.82, 2.24) is 4.31 Å². The topological polar surface area (TPSA) is 127 Å². The summed E-state index contributed by atoms with van der Waals surface area (Å²) in [6.45, 7) is 0.109. The molecule has 1 fully saturated rings. The zero-order valence-electron chi connectivity index (χ0n) is 13.2. The summed E-state index contributed by atoms with van der Waals surface area (Å²) in [5, 5.41) is 8.53. The normalized spacial score (nSPS) is 14.8. The number of aliphatic hydroxyl groups excluding tert-OH is 1. The molecule has 1 aliphatic heterocycles. The molecule has 1 aromatic carbocycles. The lowest BCUT2D eigenvalue weighted by Crippen LogP contribution is -2.35. The number of rotatable bonds is 8. The van der Waals surface area contributed by atoms with Gasteiger partial charge in [-0.3, -0.25) is 9.59 Å². The van der Waals surface area contributed by atoms with Crippen LogP contribution < -0.4 is 0 Å². The van der Waals surface area contributed by atoms with Crippen LogP contribution in [0.15, 0.2) is 29.2 Å². The standard InChI is InChI=1S/C15H17NO8S/c17-7-8-23-9-10-24-15(20)11-1-3-12(4-2-11)25(21,22)16-13(18)5-6-14(16)19/h1-4,17H,5-10H2. The Hall–Kier alpha value is -2.30. The van der Waals surface area contributed by atoms with Crippen molar-refractivity contribution >= 4 is 27.8 Å². The van der Waals surface area contributed by atoms with Crippen LogP contribution in [-0.2, 0) is 29.1 Å². The molecule has 0 bridgehead atoms. The Bertz CT molecular complexity index is 740. The molecule has 2 rings (SSSR count). The monoisotopic (exact) mass is 371 g/mol. The summed E-state index contributed by atoms with van der Waals surface area (Å²) in [5.74, 6) is -2.21. The summed E-state index contributed by atoms with van der Waals surface area (Å²) in [6.07, 6.45) is -0.276. The third-order valence-electron chi connectivity index (χ3n) is 3.33. The van der Waals surface area contributed by atoms with Crippen LogP contribution in [0.2, 0.25) is 0 Å². The number of amides is 2. The van der Waals surface area contributed by atoms with Crippen molar-refractivity contribution in [1.29, 1.82) is 0 Å². The smallest absolute Gasteiger partial charge is 0.338 e. The molecule has 0 spiro atoms. The molecule has 1 aromatic rings. The van der Waals surface area contributed by atoms with Gasteiger partial charge in [0, 0.05) is 12.8 Å². The molecule has 2 amide bonds. The Balaban J connectivity index is 2.03. The van der Waals surface area contributed by atoms with Gasteiger partial charge in [0.05, 0.1) is 30.3 Å². The molecular formula is C15H17NO8S. The number of aliphatic hydroxyl groups is 1. The minimum Gasteiger partial charge on any atom is -0.460 e. The van der Waals surface area contributed by atoms with Crippen molar-refractivity contribution in [2.75, 3.05) is 26.4 Å². The maximum Gasteiger partial charge on any atom is 0.338 e. The van der Waals surface area contributed by atoms with Crippen LogP contribution in [0.3, 0.4) is 0 Å². The van der Waals surface area contributed by atoms with Gasteiger partial charge >= 0.3 is 5.97 Å². The van der Waals surface area contributed by atoms with Gasteiger partial charge in [-0.25, -0.2) is 13.2 Å². The van der Waals surface area contributed by atoms with Gasteiger partial charge in [0.2, 0.25) is 11.8 Å². The van der Waals surface area contributed by atoms with Gasteiger partial charge in [-0.05, 0) is 24.3 Å². The van der Waals surface area contributed by atoms with Gasteiger partial charge in [0.25, 0.3) is 10.0 Å². The van der Waals surface area contributed by atoms with Gasteiger partial charge in [-0.15, -0.1) is 0 Å². The average Bonchev–Trinajstić information content (AvgIpc) is 2.94. The highest BCUT2D eigenvalue weighted by atomic mass is 32.2. The van der Waals surface area contributed by atoms with Crippen LogP contribution in [0.4, 0.5) is 0 Å². The Kier molecular flexibility index (Phi) is 6.23. The predicted molar refractivity (Wildman–Crippen MR) is 82.9 cm³/mol. The number of carbonyl (C=O) groups excluding carboxylic acids is 3. The zero-order chi connectivity index (χ0) is 18.4. The molecule has 0 atom stereocenters. The number of imide groups is 1. The second-order valence-corrected chi connectivity index (χ2v) is 6.84. The van der Waals surface area contributed by atoms with Crippen LogP contribution in [0.1, 0.15) is 23.2 Å². The van der Waals surface area contributed by atoms with E-state index in [1.165, 1.54) is 12.1 Å². The first-order valence-electron chi connectivity index (χ1n) is 7.44. The highest BCUT2D eigenvalue weighted by Gasteiger charge is 2.39.